The van der Waals surface area contributed by atoms with E-state index in [1.54, 1.807) is 24.3 Å². The Bertz CT molecular complexity index is 701. The lowest BCUT2D eigenvalue weighted by Gasteiger charge is -2.19. The van der Waals surface area contributed by atoms with Crippen molar-refractivity contribution in [3.05, 3.63) is 64.4 Å². The molecule has 0 unspecified atom stereocenters. The molecule has 0 aliphatic carbocycles. The largest absolute Gasteiger partial charge is 0.332 e. The van der Waals surface area contributed by atoms with Gasteiger partial charge in [-0.05, 0) is 42.8 Å². The first-order valence-electron chi connectivity index (χ1n) is 8.01. The van der Waals surface area contributed by atoms with Gasteiger partial charge in [0.15, 0.2) is 6.54 Å². The molecule has 0 aliphatic rings. The van der Waals surface area contributed by atoms with Crippen LogP contribution in [0.15, 0.2) is 42.5 Å². The Morgan fingerprint density at radius 2 is 1.88 bits per heavy atom. The number of aryl methyl sites for hydroxylation is 1. The van der Waals surface area contributed by atoms with Crippen LogP contribution < -0.4 is 10.6 Å². The van der Waals surface area contributed by atoms with Crippen LogP contribution in [0.5, 0.6) is 0 Å². The van der Waals surface area contributed by atoms with E-state index >= 15 is 0 Å². The van der Waals surface area contributed by atoms with E-state index in [-0.39, 0.29) is 17.8 Å². The predicted octanol–water partition coefficient (Wildman–Crippen LogP) is 3.69. The number of amides is 1. The minimum absolute atomic E-state index is 0.0758. The first kappa shape index (κ1) is 18.4. The first-order valence-corrected chi connectivity index (χ1v) is 8.39. The summed E-state index contributed by atoms with van der Waals surface area (Å²) in [4.78, 5) is 12.2. The van der Waals surface area contributed by atoms with Crippen LogP contribution in [0.25, 0.3) is 0 Å². The standard InChI is InChI=1S/C19H22ClFN2O/c1-12(2)19(14-4-7-16(21)8-5-14)22-11-18(24)23-17-9-6-15(20)10-13(17)3/h4-10,12,19,22H,11H2,1-3H3,(H,23,24)/p+1/t19-/m1/s1. The number of nitrogens with one attached hydrogen (secondary N) is 1. The molecule has 0 saturated heterocycles. The van der Waals surface area contributed by atoms with Crippen LogP contribution in [-0.4, -0.2) is 12.5 Å². The Labute approximate surface area is 147 Å². The number of nitrogens with two attached hydrogens (primary N) is 1. The summed E-state index contributed by atoms with van der Waals surface area (Å²) in [5.41, 5.74) is 2.71. The first-order chi connectivity index (χ1) is 11.4. The molecule has 3 nitrogen and oxygen atoms in total. The van der Waals surface area contributed by atoms with Gasteiger partial charge in [-0.2, -0.15) is 0 Å². The van der Waals surface area contributed by atoms with E-state index < -0.39 is 0 Å². The zero-order valence-corrected chi connectivity index (χ0v) is 14.9. The topological polar surface area (TPSA) is 45.7 Å². The molecule has 5 heteroatoms. The molecule has 0 heterocycles. The Morgan fingerprint density at radius 1 is 1.21 bits per heavy atom. The van der Waals surface area contributed by atoms with Gasteiger partial charge in [0.25, 0.3) is 5.91 Å². The molecule has 2 rings (SSSR count). The summed E-state index contributed by atoms with van der Waals surface area (Å²) in [6.07, 6.45) is 0. The van der Waals surface area contributed by atoms with Crippen molar-refractivity contribution in [2.24, 2.45) is 5.92 Å². The molecule has 2 aromatic carbocycles. The highest BCUT2D eigenvalue weighted by Crippen LogP contribution is 2.20. The quantitative estimate of drug-likeness (QED) is 0.821. The Balaban J connectivity index is 1.98. The number of halogens is 2. The third-order valence-corrected chi connectivity index (χ3v) is 4.23. The van der Waals surface area contributed by atoms with Crippen LogP contribution in [0, 0.1) is 18.7 Å². The fourth-order valence-corrected chi connectivity index (χ4v) is 2.91. The number of benzene rings is 2. The molecule has 1 amide bonds. The normalized spacial score (nSPS) is 12.2. The number of anilines is 1. The maximum atomic E-state index is 13.1. The van der Waals surface area contributed by atoms with E-state index in [4.69, 9.17) is 11.6 Å². The highest BCUT2D eigenvalue weighted by Gasteiger charge is 2.20. The molecule has 24 heavy (non-hydrogen) atoms. The van der Waals surface area contributed by atoms with Gasteiger partial charge in [-0.3, -0.25) is 4.79 Å². The van der Waals surface area contributed by atoms with Gasteiger partial charge in [0.05, 0.1) is 0 Å². The van der Waals surface area contributed by atoms with Gasteiger partial charge in [0.2, 0.25) is 0 Å². The molecular formula is C19H23ClFN2O+. The summed E-state index contributed by atoms with van der Waals surface area (Å²) in [5, 5.41) is 5.53. The van der Waals surface area contributed by atoms with E-state index in [0.717, 1.165) is 16.8 Å². The highest BCUT2D eigenvalue weighted by atomic mass is 35.5. The summed E-state index contributed by atoms with van der Waals surface area (Å²) >= 11 is 5.92. The van der Waals surface area contributed by atoms with Crippen molar-refractivity contribution in [3.63, 3.8) is 0 Å². The molecule has 0 bridgehead atoms. The maximum Gasteiger partial charge on any atom is 0.279 e. The molecule has 0 saturated carbocycles. The van der Waals surface area contributed by atoms with E-state index in [9.17, 15) is 9.18 Å². The lowest BCUT2D eigenvalue weighted by Crippen LogP contribution is -2.88. The maximum absolute atomic E-state index is 13.1. The smallest absolute Gasteiger partial charge is 0.279 e. The van der Waals surface area contributed by atoms with Crippen molar-refractivity contribution in [1.82, 2.24) is 0 Å². The van der Waals surface area contributed by atoms with Gasteiger partial charge >= 0.3 is 0 Å². The van der Waals surface area contributed by atoms with Crippen LogP contribution in [0.4, 0.5) is 10.1 Å². The second kappa shape index (κ2) is 8.27. The summed E-state index contributed by atoms with van der Waals surface area (Å²) in [6.45, 7) is 6.38. The van der Waals surface area contributed by atoms with Crippen molar-refractivity contribution in [2.45, 2.75) is 26.8 Å². The van der Waals surface area contributed by atoms with Crippen LogP contribution in [0.2, 0.25) is 5.02 Å². The third-order valence-electron chi connectivity index (χ3n) is 3.99. The molecule has 2 aromatic rings. The molecule has 0 fully saturated rings. The Morgan fingerprint density at radius 3 is 2.46 bits per heavy atom. The average molecular weight is 350 g/mol. The van der Waals surface area contributed by atoms with Gasteiger partial charge in [-0.15, -0.1) is 0 Å². The summed E-state index contributed by atoms with van der Waals surface area (Å²) in [6, 6.07) is 11.9. The summed E-state index contributed by atoms with van der Waals surface area (Å²) in [5.74, 6) is -0.00840. The zero-order chi connectivity index (χ0) is 17.7. The molecular weight excluding hydrogens is 327 g/mol. The summed E-state index contributed by atoms with van der Waals surface area (Å²) in [7, 11) is 0. The van der Waals surface area contributed by atoms with Gasteiger partial charge in [-0.25, -0.2) is 4.39 Å². The SMILES string of the molecule is Cc1cc(Cl)ccc1NC(=O)C[NH2+][C@@H](c1ccc(F)cc1)C(C)C. The lowest BCUT2D eigenvalue weighted by atomic mass is 9.96. The number of hydrogen-bond donors (Lipinski definition) is 2. The van der Waals surface area contributed by atoms with Gasteiger partial charge in [0.1, 0.15) is 11.9 Å². The van der Waals surface area contributed by atoms with Crippen molar-refractivity contribution < 1.29 is 14.5 Å². The fraction of sp³-hybridized carbons (Fsp3) is 0.316. The molecule has 0 radical (unpaired) electrons. The minimum Gasteiger partial charge on any atom is -0.332 e. The zero-order valence-electron chi connectivity index (χ0n) is 14.1. The summed E-state index contributed by atoms with van der Waals surface area (Å²) < 4.78 is 13.1. The van der Waals surface area contributed by atoms with E-state index in [0.29, 0.717) is 17.5 Å². The number of quaternary nitrogens is 1. The third kappa shape index (κ3) is 5.05. The van der Waals surface area contributed by atoms with E-state index in [1.807, 2.05) is 18.3 Å². The van der Waals surface area contributed by atoms with Gasteiger partial charge in [0, 0.05) is 22.2 Å². The fourth-order valence-electron chi connectivity index (χ4n) is 2.68. The van der Waals surface area contributed by atoms with E-state index in [2.05, 4.69) is 19.2 Å². The number of hydrogen-bond acceptors (Lipinski definition) is 1. The predicted molar refractivity (Wildman–Crippen MR) is 95.6 cm³/mol. The van der Waals surface area contributed by atoms with Crippen LogP contribution in [0.1, 0.15) is 31.0 Å². The van der Waals surface area contributed by atoms with Crippen molar-refractivity contribution >= 4 is 23.2 Å². The number of carbonyl (C=O) groups excluding carboxylic acids is 1. The van der Waals surface area contributed by atoms with Gasteiger partial charge in [-0.1, -0.05) is 37.6 Å². The molecule has 1 atom stereocenters. The molecule has 0 aromatic heterocycles. The number of rotatable bonds is 6. The molecule has 128 valence electrons. The average Bonchev–Trinajstić information content (AvgIpc) is 2.52. The molecule has 0 aliphatic heterocycles. The Kier molecular flexibility index (Phi) is 6.35. The molecule has 0 spiro atoms. The second-order valence-electron chi connectivity index (χ2n) is 6.27. The van der Waals surface area contributed by atoms with Crippen LogP contribution in [-0.2, 0) is 4.79 Å². The monoisotopic (exact) mass is 349 g/mol. The van der Waals surface area contributed by atoms with Crippen LogP contribution >= 0.6 is 11.6 Å². The second-order valence-corrected chi connectivity index (χ2v) is 6.71. The van der Waals surface area contributed by atoms with Crippen molar-refractivity contribution in [1.29, 1.82) is 0 Å². The Hall–Kier alpha value is -1.91. The van der Waals surface area contributed by atoms with Crippen LogP contribution in [0.3, 0.4) is 0 Å². The molecule has 3 N–H and O–H groups in total. The van der Waals surface area contributed by atoms with Crippen molar-refractivity contribution in [2.75, 3.05) is 11.9 Å². The highest BCUT2D eigenvalue weighted by molar-refractivity contribution is 6.30. The van der Waals surface area contributed by atoms with Crippen molar-refractivity contribution in [3.8, 4) is 0 Å². The lowest BCUT2D eigenvalue weighted by molar-refractivity contribution is -0.692. The minimum atomic E-state index is -0.253. The number of carbonyl (C=O) groups is 1. The van der Waals surface area contributed by atoms with Gasteiger partial charge < -0.3 is 10.6 Å². The van der Waals surface area contributed by atoms with E-state index in [1.165, 1.54) is 12.1 Å².